The van der Waals surface area contributed by atoms with E-state index < -0.39 is 11.4 Å². The minimum Gasteiger partial charge on any atom is -0.334 e. The van der Waals surface area contributed by atoms with Gasteiger partial charge in [0, 0.05) is 5.41 Å². The third kappa shape index (κ3) is 1.04. The van der Waals surface area contributed by atoms with Crippen LogP contribution in [0.25, 0.3) is 0 Å². The standard InChI is InChI=1S/C13H20O3/c1-10(2)6-5-7-11(3)13(10)9-8-12(4,14-11)15-16-13/h8-9H,5-7H2,1-4H3/t11-,12+,13+/m0/s1. The summed E-state index contributed by atoms with van der Waals surface area (Å²) in [5.41, 5.74) is -0.662. The molecule has 3 heteroatoms. The van der Waals surface area contributed by atoms with Crippen molar-refractivity contribution in [2.75, 3.05) is 0 Å². The summed E-state index contributed by atoms with van der Waals surface area (Å²) in [6, 6.07) is 0. The van der Waals surface area contributed by atoms with Gasteiger partial charge in [0.1, 0.15) is 5.60 Å². The molecule has 3 heterocycles. The van der Waals surface area contributed by atoms with Gasteiger partial charge in [0.25, 0.3) is 0 Å². The van der Waals surface area contributed by atoms with Crippen molar-refractivity contribution in [3.63, 3.8) is 0 Å². The lowest BCUT2D eigenvalue weighted by molar-refractivity contribution is -0.548. The van der Waals surface area contributed by atoms with E-state index >= 15 is 0 Å². The molecule has 0 aromatic carbocycles. The smallest absolute Gasteiger partial charge is 0.218 e. The van der Waals surface area contributed by atoms with E-state index in [0.29, 0.717) is 0 Å². The fraction of sp³-hybridized carbons (Fsp3) is 0.846. The predicted molar refractivity (Wildman–Crippen MR) is 59.6 cm³/mol. The maximum absolute atomic E-state index is 6.16. The molecule has 0 radical (unpaired) electrons. The van der Waals surface area contributed by atoms with E-state index in [1.54, 1.807) is 0 Å². The Morgan fingerprint density at radius 1 is 0.938 bits per heavy atom. The van der Waals surface area contributed by atoms with Gasteiger partial charge >= 0.3 is 0 Å². The largest absolute Gasteiger partial charge is 0.334 e. The van der Waals surface area contributed by atoms with Crippen LogP contribution in [0.1, 0.15) is 47.0 Å². The average Bonchev–Trinajstić information content (AvgIpc) is 2.15. The molecule has 1 saturated heterocycles. The van der Waals surface area contributed by atoms with Crippen LogP contribution in [0.15, 0.2) is 12.2 Å². The molecule has 16 heavy (non-hydrogen) atoms. The number of fused-ring (bicyclic) bond motifs is 1. The number of ether oxygens (including phenoxy) is 1. The van der Waals surface area contributed by atoms with Gasteiger partial charge in [-0.25, -0.2) is 4.89 Å². The highest BCUT2D eigenvalue weighted by molar-refractivity contribution is 5.27. The van der Waals surface area contributed by atoms with E-state index in [-0.39, 0.29) is 11.0 Å². The Balaban J connectivity index is 2.16. The lowest BCUT2D eigenvalue weighted by atomic mass is 9.57. The Bertz CT molecular complexity index is 362. The summed E-state index contributed by atoms with van der Waals surface area (Å²) in [4.78, 5) is 11.2. The summed E-state index contributed by atoms with van der Waals surface area (Å²) in [5, 5.41) is 0. The van der Waals surface area contributed by atoms with Gasteiger partial charge < -0.3 is 4.74 Å². The van der Waals surface area contributed by atoms with Crippen molar-refractivity contribution in [1.29, 1.82) is 0 Å². The van der Waals surface area contributed by atoms with Gasteiger partial charge in [-0.1, -0.05) is 13.8 Å². The minimum absolute atomic E-state index is 0.0399. The van der Waals surface area contributed by atoms with E-state index in [0.717, 1.165) is 12.8 Å². The Kier molecular flexibility index (Phi) is 1.82. The van der Waals surface area contributed by atoms with Gasteiger partial charge in [0.15, 0.2) is 5.60 Å². The second kappa shape index (κ2) is 2.71. The van der Waals surface area contributed by atoms with E-state index in [1.165, 1.54) is 6.42 Å². The Morgan fingerprint density at radius 2 is 1.69 bits per heavy atom. The maximum Gasteiger partial charge on any atom is 0.218 e. The first-order valence-corrected chi connectivity index (χ1v) is 6.10. The molecule has 3 nitrogen and oxygen atoms in total. The fourth-order valence-corrected chi connectivity index (χ4v) is 3.66. The van der Waals surface area contributed by atoms with Crippen LogP contribution >= 0.6 is 0 Å². The number of hydrogen-bond acceptors (Lipinski definition) is 3. The molecule has 0 aromatic rings. The molecule has 4 rings (SSSR count). The van der Waals surface area contributed by atoms with Crippen molar-refractivity contribution in [2.45, 2.75) is 63.9 Å². The molecule has 0 unspecified atom stereocenters. The normalized spacial score (nSPS) is 53.8. The van der Waals surface area contributed by atoms with E-state index in [1.807, 2.05) is 13.0 Å². The zero-order chi connectivity index (χ0) is 11.7. The summed E-state index contributed by atoms with van der Waals surface area (Å²) in [7, 11) is 0. The van der Waals surface area contributed by atoms with Crippen LogP contribution in [0.5, 0.6) is 0 Å². The summed E-state index contributed by atoms with van der Waals surface area (Å²) >= 11 is 0. The Hall–Kier alpha value is -0.380. The molecule has 4 aliphatic rings. The maximum atomic E-state index is 6.16. The Labute approximate surface area is 96.7 Å². The van der Waals surface area contributed by atoms with E-state index in [2.05, 4.69) is 26.8 Å². The topological polar surface area (TPSA) is 27.7 Å². The lowest BCUT2D eigenvalue weighted by Crippen LogP contribution is -2.72. The molecule has 1 aliphatic carbocycles. The van der Waals surface area contributed by atoms with Crippen molar-refractivity contribution in [1.82, 2.24) is 0 Å². The summed E-state index contributed by atoms with van der Waals surface area (Å²) in [6.45, 7) is 8.52. The molecule has 0 aromatic heterocycles. The first kappa shape index (κ1) is 10.8. The molecule has 0 amide bonds. The summed E-state index contributed by atoms with van der Waals surface area (Å²) in [5.74, 6) is -0.704. The third-order valence-electron chi connectivity index (χ3n) is 4.63. The SMILES string of the molecule is CC1(C)CCC[C@]2(C)O[C@@]3(C)C=C[C@@]12OO3. The fourth-order valence-electron chi connectivity index (χ4n) is 3.66. The summed E-state index contributed by atoms with van der Waals surface area (Å²) in [6.07, 6.45) is 7.50. The second-order valence-corrected chi connectivity index (χ2v) is 6.32. The molecule has 2 bridgehead atoms. The zero-order valence-corrected chi connectivity index (χ0v) is 10.5. The number of hydrogen-bond donors (Lipinski definition) is 0. The van der Waals surface area contributed by atoms with Gasteiger partial charge in [-0.2, -0.15) is 4.89 Å². The number of rotatable bonds is 0. The van der Waals surface area contributed by atoms with Crippen LogP contribution in [0.4, 0.5) is 0 Å². The van der Waals surface area contributed by atoms with Crippen molar-refractivity contribution >= 4 is 0 Å². The van der Waals surface area contributed by atoms with Crippen LogP contribution < -0.4 is 0 Å². The lowest BCUT2D eigenvalue weighted by Gasteiger charge is -2.64. The van der Waals surface area contributed by atoms with E-state index in [9.17, 15) is 0 Å². The monoisotopic (exact) mass is 224 g/mol. The minimum atomic E-state index is -0.704. The van der Waals surface area contributed by atoms with Gasteiger partial charge in [-0.3, -0.25) is 0 Å². The van der Waals surface area contributed by atoms with Crippen molar-refractivity contribution in [3.8, 4) is 0 Å². The van der Waals surface area contributed by atoms with Crippen LogP contribution in [0, 0.1) is 5.41 Å². The average molecular weight is 224 g/mol. The van der Waals surface area contributed by atoms with Crippen molar-refractivity contribution in [2.24, 2.45) is 5.41 Å². The molecule has 0 N–H and O–H groups in total. The van der Waals surface area contributed by atoms with Crippen LogP contribution in [0.3, 0.4) is 0 Å². The van der Waals surface area contributed by atoms with Crippen LogP contribution in [0.2, 0.25) is 0 Å². The van der Waals surface area contributed by atoms with E-state index in [4.69, 9.17) is 14.5 Å². The van der Waals surface area contributed by atoms with Gasteiger partial charge in [0.05, 0.1) is 0 Å². The molecule has 1 spiro atoms. The van der Waals surface area contributed by atoms with Crippen molar-refractivity contribution in [3.05, 3.63) is 12.2 Å². The zero-order valence-electron chi connectivity index (χ0n) is 10.5. The quantitative estimate of drug-likeness (QED) is 0.467. The van der Waals surface area contributed by atoms with Crippen LogP contribution in [-0.4, -0.2) is 17.0 Å². The predicted octanol–water partition coefficient (Wildman–Crippen LogP) is 2.96. The molecule has 2 fully saturated rings. The first-order chi connectivity index (χ1) is 7.33. The third-order valence-corrected chi connectivity index (χ3v) is 4.63. The summed E-state index contributed by atoms with van der Waals surface area (Å²) < 4.78 is 6.16. The molecule has 3 aliphatic heterocycles. The molecule has 1 saturated carbocycles. The molecular formula is C13H20O3. The second-order valence-electron chi connectivity index (χ2n) is 6.32. The molecule has 3 atom stereocenters. The van der Waals surface area contributed by atoms with Gasteiger partial charge in [-0.15, -0.1) is 0 Å². The Morgan fingerprint density at radius 3 is 2.31 bits per heavy atom. The highest BCUT2D eigenvalue weighted by Crippen LogP contribution is 2.60. The first-order valence-electron chi connectivity index (χ1n) is 6.10. The van der Waals surface area contributed by atoms with Crippen molar-refractivity contribution < 1.29 is 14.5 Å². The van der Waals surface area contributed by atoms with Crippen LogP contribution in [-0.2, 0) is 14.5 Å². The van der Waals surface area contributed by atoms with Gasteiger partial charge in [0.2, 0.25) is 5.79 Å². The highest BCUT2D eigenvalue weighted by Gasteiger charge is 2.68. The van der Waals surface area contributed by atoms with Gasteiger partial charge in [-0.05, 0) is 45.3 Å². The molecular weight excluding hydrogens is 204 g/mol. The molecule has 90 valence electrons. The highest BCUT2D eigenvalue weighted by atomic mass is 17.3.